The lowest BCUT2D eigenvalue weighted by Crippen LogP contribution is -2.31. The van der Waals surface area contributed by atoms with Crippen molar-refractivity contribution in [1.29, 1.82) is 0 Å². The van der Waals surface area contributed by atoms with Gasteiger partial charge in [-0.1, -0.05) is 6.07 Å². The van der Waals surface area contributed by atoms with Gasteiger partial charge in [-0.05, 0) is 69.5 Å². The zero-order chi connectivity index (χ0) is 42.9. The first-order valence-corrected chi connectivity index (χ1v) is 18.8. The molecule has 0 spiro atoms. The van der Waals surface area contributed by atoms with Crippen molar-refractivity contribution in [2.75, 3.05) is 52.9 Å². The number of nitrogens with zero attached hydrogens (tertiary/aromatic N) is 5. The summed E-state index contributed by atoms with van der Waals surface area (Å²) < 4.78 is 95.0. The maximum Gasteiger partial charge on any atom is 0.437 e. The van der Waals surface area contributed by atoms with Crippen molar-refractivity contribution in [2.24, 2.45) is 18.0 Å². The first kappa shape index (κ1) is 44.6. The molecule has 59 heavy (non-hydrogen) atoms. The summed E-state index contributed by atoms with van der Waals surface area (Å²) in [4.78, 5) is 41.5. The second-order valence-electron chi connectivity index (χ2n) is 14.6. The van der Waals surface area contributed by atoms with E-state index in [4.69, 9.17) is 33.5 Å². The highest BCUT2D eigenvalue weighted by Gasteiger charge is 2.40. The van der Waals surface area contributed by atoms with Crippen LogP contribution in [0.1, 0.15) is 54.9 Å². The van der Waals surface area contributed by atoms with Gasteiger partial charge in [-0.3, -0.25) is 9.48 Å². The molecule has 2 aromatic heterocycles. The van der Waals surface area contributed by atoms with E-state index >= 15 is 0 Å². The molecular formula is C40H47F4N5O10. The lowest BCUT2D eigenvalue weighted by Gasteiger charge is -2.27. The second kappa shape index (κ2) is 19.5. The van der Waals surface area contributed by atoms with Crippen molar-refractivity contribution in [3.63, 3.8) is 0 Å². The Balaban J connectivity index is 1.36. The first-order valence-electron chi connectivity index (χ1n) is 18.8. The fourth-order valence-electron chi connectivity index (χ4n) is 6.17. The maximum atomic E-state index is 14.7. The highest BCUT2D eigenvalue weighted by molar-refractivity contribution is 6.04. The van der Waals surface area contributed by atoms with Gasteiger partial charge in [0.05, 0.1) is 57.7 Å². The zero-order valence-corrected chi connectivity index (χ0v) is 33.3. The average Bonchev–Trinajstić information content (AvgIpc) is 3.75. The van der Waals surface area contributed by atoms with Crippen molar-refractivity contribution in [3.05, 3.63) is 82.7 Å². The third kappa shape index (κ3) is 12.2. The fraction of sp³-hybridized carbons (Fsp3) is 0.475. The summed E-state index contributed by atoms with van der Waals surface area (Å²) in [6.07, 6.45) is -1.00. The molecule has 1 amide bonds. The van der Waals surface area contributed by atoms with Crippen molar-refractivity contribution < 1.29 is 65.5 Å². The Kier molecular flexibility index (Phi) is 14.7. The van der Waals surface area contributed by atoms with Crippen LogP contribution in [0.25, 0.3) is 11.1 Å². The molecule has 19 heteroatoms. The molecule has 0 fully saturated rings. The number of rotatable bonds is 18. The molecule has 15 nitrogen and oxygen atoms in total. The number of Topliss-reactive ketones (excluding diaryl/α,β-unsaturated/α-hetero) is 1. The predicted octanol–water partition coefficient (Wildman–Crippen LogP) is 5.70. The maximum absolute atomic E-state index is 14.7. The lowest BCUT2D eigenvalue weighted by atomic mass is 9.86. The summed E-state index contributed by atoms with van der Waals surface area (Å²) in [6, 6.07) is 7.26. The molecule has 0 aliphatic carbocycles. The van der Waals surface area contributed by atoms with E-state index in [2.05, 4.69) is 10.1 Å². The molecule has 1 aliphatic heterocycles. The number of carbonyl (C=O) groups is 3. The number of benzene rings is 2. The normalized spacial score (nSPS) is 14.6. The number of amides is 1. The van der Waals surface area contributed by atoms with Gasteiger partial charge in [0.1, 0.15) is 24.6 Å². The molecular weight excluding hydrogens is 786 g/mol. The van der Waals surface area contributed by atoms with Gasteiger partial charge in [0, 0.05) is 43.3 Å². The Hall–Kier alpha value is -5.53. The number of halogens is 4. The first-order chi connectivity index (χ1) is 27.9. The Morgan fingerprint density at radius 2 is 1.63 bits per heavy atom. The van der Waals surface area contributed by atoms with Crippen LogP contribution < -0.4 is 15.1 Å². The number of aliphatic carboxylic acids is 1. The summed E-state index contributed by atoms with van der Waals surface area (Å²) in [6.45, 7) is 7.21. The van der Waals surface area contributed by atoms with E-state index in [1.54, 1.807) is 62.3 Å². The van der Waals surface area contributed by atoms with Crippen LogP contribution in [-0.2, 0) is 56.5 Å². The van der Waals surface area contributed by atoms with Crippen LogP contribution >= 0.6 is 0 Å². The van der Waals surface area contributed by atoms with Crippen molar-refractivity contribution in [2.45, 2.75) is 59.0 Å². The van der Waals surface area contributed by atoms with Crippen LogP contribution in [0.15, 0.2) is 53.9 Å². The van der Waals surface area contributed by atoms with E-state index in [1.807, 2.05) is 0 Å². The molecule has 3 heterocycles. The topological polar surface area (TPSA) is 167 Å². The number of hydrogen-bond donors (Lipinski definition) is 1. The van der Waals surface area contributed by atoms with Gasteiger partial charge in [-0.2, -0.15) is 18.3 Å². The predicted molar refractivity (Wildman–Crippen MR) is 202 cm³/mol. The third-order valence-corrected chi connectivity index (χ3v) is 8.77. The second-order valence-corrected chi connectivity index (χ2v) is 14.6. The van der Waals surface area contributed by atoms with Crippen molar-refractivity contribution in [3.8, 4) is 22.6 Å². The molecule has 5 rings (SSSR count). The van der Waals surface area contributed by atoms with Crippen molar-refractivity contribution in [1.82, 2.24) is 18.9 Å². The summed E-state index contributed by atoms with van der Waals surface area (Å²) in [5, 5.41) is 12.3. The van der Waals surface area contributed by atoms with Gasteiger partial charge in [-0.15, -0.1) is 4.99 Å². The number of carbonyl (C=O) groups excluding carboxylic acids is 2. The van der Waals surface area contributed by atoms with Gasteiger partial charge >= 0.3 is 18.2 Å². The minimum atomic E-state index is -4.82. The van der Waals surface area contributed by atoms with E-state index < -0.39 is 53.7 Å². The number of ketones is 1. The monoisotopic (exact) mass is 833 g/mol. The summed E-state index contributed by atoms with van der Waals surface area (Å²) in [5.74, 6) is -2.96. The number of ether oxygens (including phenoxy) is 6. The van der Waals surface area contributed by atoms with Gasteiger partial charge in [0.15, 0.2) is 23.0 Å². The van der Waals surface area contributed by atoms with E-state index in [-0.39, 0.29) is 99.6 Å². The number of aryl methyl sites for hydroxylation is 2. The Morgan fingerprint density at radius 3 is 2.29 bits per heavy atom. The third-order valence-electron chi connectivity index (χ3n) is 8.77. The van der Waals surface area contributed by atoms with E-state index in [0.29, 0.717) is 11.1 Å². The number of hydrogen-bond acceptors (Lipinski definition) is 10. The number of carboxylic acids is 1. The quantitative estimate of drug-likeness (QED) is 0.0966. The number of aromatic nitrogens is 4. The molecule has 0 radical (unpaired) electrons. The summed E-state index contributed by atoms with van der Waals surface area (Å²) in [5.41, 5.74) is -0.960. The molecule has 1 N–H and O–H groups in total. The molecule has 2 aromatic carbocycles. The highest BCUT2D eigenvalue weighted by atomic mass is 19.4. The van der Waals surface area contributed by atoms with Crippen LogP contribution in [-0.4, -0.2) is 100 Å². The van der Waals surface area contributed by atoms with Gasteiger partial charge in [0.2, 0.25) is 5.62 Å². The smallest absolute Gasteiger partial charge is 0.437 e. The molecule has 1 unspecified atom stereocenters. The molecule has 4 aromatic rings. The zero-order valence-electron chi connectivity index (χ0n) is 33.3. The molecule has 0 saturated carbocycles. The lowest BCUT2D eigenvalue weighted by molar-refractivity contribution is -0.143. The number of fused-ring (bicyclic) bond motifs is 1. The largest absolute Gasteiger partial charge is 0.491 e. The van der Waals surface area contributed by atoms with Crippen LogP contribution in [0, 0.1) is 11.7 Å². The van der Waals surface area contributed by atoms with E-state index in [1.165, 1.54) is 30.5 Å². The summed E-state index contributed by atoms with van der Waals surface area (Å²) in [7, 11) is 1.67. The average molecular weight is 834 g/mol. The van der Waals surface area contributed by atoms with Crippen LogP contribution in [0.5, 0.6) is 11.5 Å². The SMILES string of the molecule is CCn1cc(-c2cc(Cn3ccn(C)/c3=N/C(=O)OC(C)(C)C)cc3c2OCC(Cc2ccc(F)c(OCCOCCOCCOCC(=O)O)c2)C3=O)c(C(F)(F)F)n1. The Bertz CT molecular complexity index is 2190. The van der Waals surface area contributed by atoms with E-state index in [9.17, 15) is 31.9 Å². The fourth-order valence-corrected chi connectivity index (χ4v) is 6.17. The Morgan fingerprint density at radius 1 is 0.949 bits per heavy atom. The van der Waals surface area contributed by atoms with Crippen LogP contribution in [0.4, 0.5) is 22.4 Å². The number of alkyl halides is 3. The molecule has 0 saturated heterocycles. The van der Waals surface area contributed by atoms with Crippen LogP contribution in [0.3, 0.4) is 0 Å². The molecule has 0 bridgehead atoms. The summed E-state index contributed by atoms with van der Waals surface area (Å²) >= 11 is 0. The number of imidazole rings is 1. The van der Waals surface area contributed by atoms with E-state index in [0.717, 1.165) is 4.68 Å². The number of carboxylic acid groups (broad SMARTS) is 1. The standard InChI is InChI=1S/C40H47F4N5O10/c1-6-49-22-30(36(46-49)40(42,43)44)28-18-26(21-48-10-9-47(5)37(48)45-38(53)59-39(2,3)4)19-29-34(52)27(23-58-35(28)29)17-25-7-8-31(41)32(20-25)57-16-15-55-12-11-54-13-14-56-24-33(50)51/h7-10,18-20,22,27H,6,11-17,21,23-24H2,1-5H3,(H,50,51)/b45-37-. The van der Waals surface area contributed by atoms with Crippen molar-refractivity contribution >= 4 is 17.8 Å². The molecule has 320 valence electrons. The molecule has 1 aliphatic rings. The minimum Gasteiger partial charge on any atom is -0.491 e. The Labute approximate surface area is 337 Å². The van der Waals surface area contributed by atoms with Gasteiger partial charge in [-0.25, -0.2) is 14.0 Å². The highest BCUT2D eigenvalue weighted by Crippen LogP contribution is 2.44. The van der Waals surface area contributed by atoms with Gasteiger partial charge < -0.3 is 42.7 Å². The van der Waals surface area contributed by atoms with Gasteiger partial charge in [0.25, 0.3) is 0 Å². The molecule has 1 atom stereocenters. The minimum absolute atomic E-state index is 0.00290. The van der Waals surface area contributed by atoms with Crippen LogP contribution in [0.2, 0.25) is 0 Å².